The molecular weight excluding hydrogens is 228 g/mol. The summed E-state index contributed by atoms with van der Waals surface area (Å²) in [6.07, 6.45) is 1.44. The number of likely N-dealkylation sites (N-methyl/N-ethyl adjacent to an activating group) is 1. The number of amides is 1. The summed E-state index contributed by atoms with van der Waals surface area (Å²) in [5.74, 6) is 0.114. The number of carbonyl (C=O) groups excluding carboxylic acids is 1. The van der Waals surface area contributed by atoms with Crippen molar-refractivity contribution in [3.8, 4) is 0 Å². The monoisotopic (exact) mass is 248 g/mol. The molecule has 1 amide bonds. The molecule has 0 aromatic heterocycles. The summed E-state index contributed by atoms with van der Waals surface area (Å²) >= 11 is 0. The van der Waals surface area contributed by atoms with E-state index >= 15 is 0 Å². The maximum atomic E-state index is 12.2. The molecule has 1 saturated heterocycles. The van der Waals surface area contributed by atoms with Crippen LogP contribution in [0.2, 0.25) is 0 Å². The molecule has 0 radical (unpaired) electrons. The maximum absolute atomic E-state index is 12.2. The Hall–Kier alpha value is -1.55. The Morgan fingerprint density at radius 1 is 1.56 bits per heavy atom. The van der Waals surface area contributed by atoms with Crippen molar-refractivity contribution in [2.45, 2.75) is 31.9 Å². The number of nitrogens with two attached hydrogens (primary N) is 1. The second-order valence-corrected chi connectivity index (χ2v) is 4.86. The van der Waals surface area contributed by atoms with Crippen molar-refractivity contribution in [2.24, 2.45) is 0 Å². The van der Waals surface area contributed by atoms with E-state index in [-0.39, 0.29) is 18.1 Å². The predicted molar refractivity (Wildman–Crippen MR) is 71.1 cm³/mol. The molecule has 4 nitrogen and oxygen atoms in total. The van der Waals surface area contributed by atoms with Gasteiger partial charge in [0.2, 0.25) is 5.91 Å². The highest BCUT2D eigenvalue weighted by Crippen LogP contribution is 2.19. The highest BCUT2D eigenvalue weighted by molar-refractivity contribution is 5.79. The van der Waals surface area contributed by atoms with Crippen LogP contribution in [0.3, 0.4) is 0 Å². The fourth-order valence-corrected chi connectivity index (χ4v) is 2.42. The smallest absolute Gasteiger partial charge is 0.227 e. The number of anilines is 1. The summed E-state index contributed by atoms with van der Waals surface area (Å²) in [6.45, 7) is 2.75. The zero-order valence-electron chi connectivity index (χ0n) is 10.9. The van der Waals surface area contributed by atoms with E-state index in [0.717, 1.165) is 18.6 Å². The van der Waals surface area contributed by atoms with Crippen LogP contribution in [0.1, 0.15) is 18.9 Å². The molecule has 1 aromatic rings. The molecule has 18 heavy (non-hydrogen) atoms. The number of hydrogen-bond acceptors (Lipinski definition) is 3. The van der Waals surface area contributed by atoms with E-state index in [4.69, 9.17) is 10.5 Å². The highest BCUT2D eigenvalue weighted by atomic mass is 16.5. The number of rotatable bonds is 3. The summed E-state index contributed by atoms with van der Waals surface area (Å²) in [5, 5.41) is 0. The molecule has 4 heteroatoms. The van der Waals surface area contributed by atoms with Crippen LogP contribution in [-0.2, 0) is 16.0 Å². The fourth-order valence-electron chi connectivity index (χ4n) is 2.42. The minimum absolute atomic E-state index is 0.114. The highest BCUT2D eigenvalue weighted by Gasteiger charge is 2.30. The minimum Gasteiger partial charge on any atom is -0.399 e. The third kappa shape index (κ3) is 2.82. The van der Waals surface area contributed by atoms with Gasteiger partial charge in [0.05, 0.1) is 18.6 Å². The Morgan fingerprint density at radius 2 is 2.33 bits per heavy atom. The molecule has 2 unspecified atom stereocenters. The normalized spacial score (nSPS) is 23.0. The summed E-state index contributed by atoms with van der Waals surface area (Å²) < 4.78 is 5.49. The van der Waals surface area contributed by atoms with E-state index in [0.29, 0.717) is 12.1 Å². The average molecular weight is 248 g/mol. The zero-order valence-corrected chi connectivity index (χ0v) is 10.9. The molecule has 1 aliphatic heterocycles. The van der Waals surface area contributed by atoms with E-state index in [1.165, 1.54) is 0 Å². The lowest BCUT2D eigenvalue weighted by Gasteiger charge is -2.26. The van der Waals surface area contributed by atoms with Gasteiger partial charge in [-0.15, -0.1) is 0 Å². The van der Waals surface area contributed by atoms with Gasteiger partial charge in [-0.2, -0.15) is 0 Å². The lowest BCUT2D eigenvalue weighted by atomic mass is 10.1. The number of nitrogen functional groups attached to an aromatic ring is 1. The third-order valence-corrected chi connectivity index (χ3v) is 3.53. The number of nitrogens with zero attached hydrogens (tertiary/aromatic N) is 1. The van der Waals surface area contributed by atoms with Crippen LogP contribution in [0, 0.1) is 0 Å². The molecule has 2 N–H and O–H groups in total. The van der Waals surface area contributed by atoms with Gasteiger partial charge in [0, 0.05) is 19.3 Å². The first kappa shape index (κ1) is 12.9. The number of hydrogen-bond donors (Lipinski definition) is 1. The summed E-state index contributed by atoms with van der Waals surface area (Å²) in [4.78, 5) is 14.0. The van der Waals surface area contributed by atoms with Crippen LogP contribution in [-0.4, -0.2) is 36.6 Å². The average Bonchev–Trinajstić information content (AvgIpc) is 2.74. The number of carbonyl (C=O) groups is 1. The van der Waals surface area contributed by atoms with Gasteiger partial charge in [-0.3, -0.25) is 4.79 Å². The fraction of sp³-hybridized carbons (Fsp3) is 0.500. The van der Waals surface area contributed by atoms with Gasteiger partial charge in [-0.1, -0.05) is 12.1 Å². The minimum atomic E-state index is 0.114. The second kappa shape index (κ2) is 5.40. The number of benzene rings is 1. The van der Waals surface area contributed by atoms with Crippen molar-refractivity contribution in [3.05, 3.63) is 29.8 Å². The molecule has 1 aromatic carbocycles. The van der Waals surface area contributed by atoms with Crippen molar-refractivity contribution in [1.29, 1.82) is 0 Å². The van der Waals surface area contributed by atoms with Gasteiger partial charge in [0.15, 0.2) is 0 Å². The molecule has 0 bridgehead atoms. The lowest BCUT2D eigenvalue weighted by Crippen LogP contribution is -2.41. The van der Waals surface area contributed by atoms with E-state index < -0.39 is 0 Å². The van der Waals surface area contributed by atoms with E-state index in [2.05, 4.69) is 0 Å². The Balaban J connectivity index is 1.99. The van der Waals surface area contributed by atoms with Gasteiger partial charge in [-0.05, 0) is 31.0 Å². The van der Waals surface area contributed by atoms with Crippen molar-refractivity contribution < 1.29 is 9.53 Å². The van der Waals surface area contributed by atoms with Gasteiger partial charge in [0.1, 0.15) is 0 Å². The molecule has 1 heterocycles. The molecule has 0 spiro atoms. The lowest BCUT2D eigenvalue weighted by molar-refractivity contribution is -0.132. The maximum Gasteiger partial charge on any atom is 0.227 e. The van der Waals surface area contributed by atoms with E-state index in [9.17, 15) is 4.79 Å². The van der Waals surface area contributed by atoms with Crippen LogP contribution in [0.15, 0.2) is 24.3 Å². The molecule has 1 aliphatic rings. The van der Waals surface area contributed by atoms with Crippen LogP contribution < -0.4 is 5.73 Å². The molecular formula is C14H20N2O2. The summed E-state index contributed by atoms with van der Waals surface area (Å²) in [6, 6.07) is 7.67. The van der Waals surface area contributed by atoms with Crippen LogP contribution in [0.25, 0.3) is 0 Å². The predicted octanol–water partition coefficient (Wildman–Crippen LogP) is 1.45. The second-order valence-electron chi connectivity index (χ2n) is 4.86. The Kier molecular flexibility index (Phi) is 3.87. The molecule has 2 atom stereocenters. The van der Waals surface area contributed by atoms with Crippen molar-refractivity contribution in [1.82, 2.24) is 4.90 Å². The number of ether oxygens (including phenoxy) is 1. The Labute approximate surface area is 108 Å². The Morgan fingerprint density at radius 3 is 2.94 bits per heavy atom. The van der Waals surface area contributed by atoms with E-state index in [1.807, 2.05) is 38.2 Å². The molecule has 2 rings (SSSR count). The van der Waals surface area contributed by atoms with Crippen molar-refractivity contribution in [2.75, 3.05) is 19.4 Å². The summed E-state index contributed by atoms with van der Waals surface area (Å²) in [7, 11) is 1.85. The van der Waals surface area contributed by atoms with Gasteiger partial charge < -0.3 is 15.4 Å². The van der Waals surface area contributed by atoms with Crippen molar-refractivity contribution in [3.63, 3.8) is 0 Å². The summed E-state index contributed by atoms with van der Waals surface area (Å²) in [5.41, 5.74) is 7.36. The van der Waals surface area contributed by atoms with Crippen LogP contribution in [0.5, 0.6) is 0 Å². The Bertz CT molecular complexity index is 434. The standard InChI is InChI=1S/C14H20N2O2/c1-10-13(6-7-18-10)16(2)14(17)9-11-4-3-5-12(15)8-11/h3-5,8,10,13H,6-7,9,15H2,1-2H3. The third-order valence-electron chi connectivity index (χ3n) is 3.53. The van der Waals surface area contributed by atoms with Gasteiger partial charge >= 0.3 is 0 Å². The topological polar surface area (TPSA) is 55.6 Å². The SMILES string of the molecule is CC1OCCC1N(C)C(=O)Cc1cccc(N)c1. The zero-order chi connectivity index (χ0) is 13.1. The largest absolute Gasteiger partial charge is 0.399 e. The first-order chi connectivity index (χ1) is 8.58. The molecule has 1 fully saturated rings. The first-order valence-electron chi connectivity index (χ1n) is 6.29. The molecule has 0 saturated carbocycles. The quantitative estimate of drug-likeness (QED) is 0.824. The van der Waals surface area contributed by atoms with Crippen LogP contribution >= 0.6 is 0 Å². The van der Waals surface area contributed by atoms with Crippen molar-refractivity contribution >= 4 is 11.6 Å². The first-order valence-corrected chi connectivity index (χ1v) is 6.29. The van der Waals surface area contributed by atoms with E-state index in [1.54, 1.807) is 4.90 Å². The molecule has 98 valence electrons. The van der Waals surface area contributed by atoms with Gasteiger partial charge in [-0.25, -0.2) is 0 Å². The van der Waals surface area contributed by atoms with Gasteiger partial charge in [0.25, 0.3) is 0 Å². The molecule has 0 aliphatic carbocycles. The van der Waals surface area contributed by atoms with Crippen LogP contribution in [0.4, 0.5) is 5.69 Å².